The van der Waals surface area contributed by atoms with Crippen molar-refractivity contribution in [3.8, 4) is 0 Å². The molecule has 0 radical (unpaired) electrons. The zero-order chi connectivity index (χ0) is 11.3. The third-order valence-corrected chi connectivity index (χ3v) is 4.49. The fraction of sp³-hybridized carbons (Fsp3) is 0.692. The SMILES string of the molecule is CCOC(=O)C(=O)[C@@H]1[C@@H]2C=C[C@@H](C2)C12CC2. The number of ether oxygens (including phenoxy) is 1. The van der Waals surface area contributed by atoms with E-state index in [2.05, 4.69) is 12.2 Å². The number of ketones is 1. The largest absolute Gasteiger partial charge is 0.460 e. The summed E-state index contributed by atoms with van der Waals surface area (Å²) >= 11 is 0. The molecule has 3 atom stereocenters. The van der Waals surface area contributed by atoms with E-state index in [0.717, 1.165) is 19.3 Å². The molecule has 0 aromatic carbocycles. The Morgan fingerprint density at radius 2 is 2.12 bits per heavy atom. The van der Waals surface area contributed by atoms with Gasteiger partial charge in [0.1, 0.15) is 0 Å². The second-order valence-electron chi connectivity index (χ2n) is 5.19. The van der Waals surface area contributed by atoms with Crippen molar-refractivity contribution in [2.45, 2.75) is 26.2 Å². The summed E-state index contributed by atoms with van der Waals surface area (Å²) in [4.78, 5) is 23.6. The molecule has 0 saturated heterocycles. The van der Waals surface area contributed by atoms with Crippen LogP contribution in [0.4, 0.5) is 0 Å². The molecule has 0 heterocycles. The van der Waals surface area contributed by atoms with Crippen LogP contribution in [0.2, 0.25) is 0 Å². The quantitative estimate of drug-likeness (QED) is 0.413. The van der Waals surface area contributed by atoms with Crippen molar-refractivity contribution in [3.05, 3.63) is 12.2 Å². The number of Topliss-reactive ketones (excluding diaryl/α,β-unsaturated/α-hetero) is 1. The zero-order valence-corrected chi connectivity index (χ0v) is 9.44. The monoisotopic (exact) mass is 220 g/mol. The van der Waals surface area contributed by atoms with Gasteiger partial charge in [0.05, 0.1) is 6.61 Å². The molecular formula is C13H16O3. The van der Waals surface area contributed by atoms with Gasteiger partial charge < -0.3 is 4.74 Å². The lowest BCUT2D eigenvalue weighted by Gasteiger charge is -2.25. The minimum Gasteiger partial charge on any atom is -0.460 e. The van der Waals surface area contributed by atoms with Gasteiger partial charge in [-0.1, -0.05) is 12.2 Å². The van der Waals surface area contributed by atoms with Gasteiger partial charge in [0.25, 0.3) is 0 Å². The maximum atomic E-state index is 12.1. The molecule has 0 aromatic heterocycles. The Bertz CT molecular complexity index is 379. The van der Waals surface area contributed by atoms with E-state index < -0.39 is 5.97 Å². The summed E-state index contributed by atoms with van der Waals surface area (Å²) < 4.78 is 4.83. The number of allylic oxidation sites excluding steroid dienone is 2. The molecule has 0 N–H and O–H groups in total. The smallest absolute Gasteiger partial charge is 0.374 e. The Labute approximate surface area is 94.8 Å². The summed E-state index contributed by atoms with van der Waals surface area (Å²) in [6.45, 7) is 2.02. The summed E-state index contributed by atoms with van der Waals surface area (Å²) in [6.07, 6.45) is 7.64. The Morgan fingerprint density at radius 1 is 1.38 bits per heavy atom. The molecule has 3 nitrogen and oxygen atoms in total. The van der Waals surface area contributed by atoms with Gasteiger partial charge >= 0.3 is 5.97 Å². The average Bonchev–Trinajstić information content (AvgIpc) is 2.78. The third kappa shape index (κ3) is 1.14. The predicted molar refractivity (Wildman–Crippen MR) is 57.5 cm³/mol. The second-order valence-corrected chi connectivity index (χ2v) is 5.19. The van der Waals surface area contributed by atoms with Gasteiger partial charge in [-0.2, -0.15) is 0 Å². The highest BCUT2D eigenvalue weighted by Gasteiger charge is 2.65. The average molecular weight is 220 g/mol. The molecule has 2 bridgehead atoms. The topological polar surface area (TPSA) is 43.4 Å². The van der Waals surface area contributed by atoms with Gasteiger partial charge in [0.15, 0.2) is 0 Å². The molecule has 3 aliphatic carbocycles. The Kier molecular flexibility index (Phi) is 2.00. The molecule has 3 rings (SSSR count). The van der Waals surface area contributed by atoms with Crippen molar-refractivity contribution in [2.24, 2.45) is 23.2 Å². The van der Waals surface area contributed by atoms with Crippen LogP contribution in [0.3, 0.4) is 0 Å². The van der Waals surface area contributed by atoms with E-state index in [4.69, 9.17) is 4.74 Å². The van der Waals surface area contributed by atoms with Gasteiger partial charge in [0, 0.05) is 5.92 Å². The number of hydrogen-bond acceptors (Lipinski definition) is 3. The van der Waals surface area contributed by atoms with Crippen LogP contribution in [0.1, 0.15) is 26.2 Å². The predicted octanol–water partition coefficient (Wildman–Crippen LogP) is 1.72. The summed E-state index contributed by atoms with van der Waals surface area (Å²) in [7, 11) is 0. The van der Waals surface area contributed by atoms with Crippen LogP contribution in [-0.2, 0) is 14.3 Å². The van der Waals surface area contributed by atoms with E-state index in [0.29, 0.717) is 11.8 Å². The Hall–Kier alpha value is -1.12. The first-order valence-corrected chi connectivity index (χ1v) is 6.08. The van der Waals surface area contributed by atoms with Crippen LogP contribution >= 0.6 is 0 Å². The molecule has 0 aliphatic heterocycles. The van der Waals surface area contributed by atoms with Gasteiger partial charge in [0.2, 0.25) is 5.78 Å². The van der Waals surface area contributed by atoms with Crippen LogP contribution in [0.15, 0.2) is 12.2 Å². The van der Waals surface area contributed by atoms with E-state index in [1.54, 1.807) is 6.92 Å². The highest BCUT2D eigenvalue weighted by molar-refractivity contribution is 6.35. The number of hydrogen-bond donors (Lipinski definition) is 0. The summed E-state index contributed by atoms with van der Waals surface area (Å²) in [5, 5.41) is 0. The van der Waals surface area contributed by atoms with E-state index in [-0.39, 0.29) is 23.7 Å². The summed E-state index contributed by atoms with van der Waals surface area (Å²) in [6, 6.07) is 0. The molecule has 0 amide bonds. The van der Waals surface area contributed by atoms with Crippen molar-refractivity contribution < 1.29 is 14.3 Å². The maximum Gasteiger partial charge on any atom is 0.374 e. The molecule has 0 aromatic rings. The van der Waals surface area contributed by atoms with E-state index >= 15 is 0 Å². The van der Waals surface area contributed by atoms with Gasteiger partial charge in [-0.25, -0.2) is 4.79 Å². The first kappa shape index (κ1) is 10.1. The van der Waals surface area contributed by atoms with E-state index in [9.17, 15) is 9.59 Å². The third-order valence-electron chi connectivity index (χ3n) is 4.49. The molecule has 86 valence electrons. The number of carbonyl (C=O) groups is 2. The highest BCUT2D eigenvalue weighted by atomic mass is 16.5. The Balaban J connectivity index is 1.83. The second kappa shape index (κ2) is 3.19. The zero-order valence-electron chi connectivity index (χ0n) is 9.44. The fourth-order valence-electron chi connectivity index (χ4n) is 3.67. The molecule has 16 heavy (non-hydrogen) atoms. The molecule has 3 heteroatoms. The van der Waals surface area contributed by atoms with Crippen LogP contribution in [-0.4, -0.2) is 18.4 Å². The van der Waals surface area contributed by atoms with Crippen LogP contribution in [0.25, 0.3) is 0 Å². The van der Waals surface area contributed by atoms with Crippen LogP contribution in [0.5, 0.6) is 0 Å². The van der Waals surface area contributed by atoms with Gasteiger partial charge in [-0.3, -0.25) is 4.79 Å². The molecule has 2 fully saturated rings. The number of esters is 1. The molecule has 3 aliphatic rings. The minimum atomic E-state index is -0.625. The highest BCUT2D eigenvalue weighted by Crippen LogP contribution is 2.69. The lowest BCUT2D eigenvalue weighted by atomic mass is 9.77. The van der Waals surface area contributed by atoms with Gasteiger partial charge in [-0.15, -0.1) is 0 Å². The lowest BCUT2D eigenvalue weighted by molar-refractivity contribution is -0.156. The molecule has 0 unspecified atom stereocenters. The number of rotatable bonds is 3. The molecular weight excluding hydrogens is 204 g/mol. The maximum absolute atomic E-state index is 12.1. The molecule has 1 spiro atoms. The van der Waals surface area contributed by atoms with E-state index in [1.165, 1.54) is 0 Å². The van der Waals surface area contributed by atoms with Crippen molar-refractivity contribution in [1.82, 2.24) is 0 Å². The van der Waals surface area contributed by atoms with Crippen molar-refractivity contribution in [1.29, 1.82) is 0 Å². The van der Waals surface area contributed by atoms with Crippen molar-refractivity contribution in [3.63, 3.8) is 0 Å². The normalized spacial score (nSPS) is 36.7. The molecule has 2 saturated carbocycles. The van der Waals surface area contributed by atoms with Crippen molar-refractivity contribution >= 4 is 11.8 Å². The number of carbonyl (C=O) groups excluding carboxylic acids is 2. The van der Waals surface area contributed by atoms with Crippen LogP contribution < -0.4 is 0 Å². The minimum absolute atomic E-state index is 0.0819. The van der Waals surface area contributed by atoms with Crippen LogP contribution in [0, 0.1) is 23.2 Å². The summed E-state index contributed by atoms with van der Waals surface area (Å²) in [5.41, 5.74) is 0.142. The summed E-state index contributed by atoms with van der Waals surface area (Å²) in [5.74, 6) is -0.150. The van der Waals surface area contributed by atoms with E-state index in [1.807, 2.05) is 0 Å². The van der Waals surface area contributed by atoms with Crippen molar-refractivity contribution in [2.75, 3.05) is 6.61 Å². The first-order chi connectivity index (χ1) is 7.69. The van der Waals surface area contributed by atoms with Gasteiger partial charge in [-0.05, 0) is 43.4 Å². The Morgan fingerprint density at radius 3 is 2.75 bits per heavy atom. The first-order valence-electron chi connectivity index (χ1n) is 6.08. The standard InChI is InChI=1S/C13H16O3/c1-2-16-12(15)11(14)10-8-3-4-9(7-8)13(10)5-6-13/h3-4,8-10H,2,5-7H2,1H3/t8-,9+,10+/m1/s1. The number of fused-ring (bicyclic) bond motifs is 3. The lowest BCUT2D eigenvalue weighted by Crippen LogP contribution is -2.35. The fourth-order valence-corrected chi connectivity index (χ4v) is 3.67.